The van der Waals surface area contributed by atoms with E-state index in [9.17, 15) is 14.4 Å². The topological polar surface area (TPSA) is 79.0 Å². The summed E-state index contributed by atoms with van der Waals surface area (Å²) in [4.78, 5) is 48.3. The highest BCUT2D eigenvalue weighted by atomic mass is 32.1. The number of nitrogens with zero attached hydrogens (tertiary/aromatic N) is 2. The van der Waals surface area contributed by atoms with Crippen molar-refractivity contribution in [2.75, 3.05) is 0 Å². The van der Waals surface area contributed by atoms with Crippen molar-refractivity contribution in [2.45, 2.75) is 77.9 Å². The summed E-state index contributed by atoms with van der Waals surface area (Å²) in [7, 11) is 0. The molecule has 7 nitrogen and oxygen atoms in total. The Morgan fingerprint density at radius 3 is 1.55 bits per heavy atom. The van der Waals surface area contributed by atoms with Crippen LogP contribution in [0.4, 0.5) is 4.79 Å². The number of nitrogens with one attached hydrogen (secondary N) is 1. The van der Waals surface area contributed by atoms with Gasteiger partial charge in [0.25, 0.3) is 0 Å². The second-order valence-electron chi connectivity index (χ2n) is 10.9. The maximum Gasteiger partial charge on any atom is 0.408 e. The summed E-state index contributed by atoms with van der Waals surface area (Å²) in [6, 6.07) is 15.2. The van der Waals surface area contributed by atoms with E-state index in [0.29, 0.717) is 39.0 Å². The van der Waals surface area contributed by atoms with Crippen LogP contribution in [0.1, 0.15) is 59.5 Å². The minimum atomic E-state index is -0.824. The molecule has 0 aliphatic carbocycles. The zero-order valence-electron chi connectivity index (χ0n) is 24.1. The molecule has 42 heavy (non-hydrogen) atoms. The SMILES string of the molecule is CC(C)(C)OC(=O)NC(CCCC(=O)N(Cc1cccs1)Cc1cccs1)C(=O)N(Cc1cccs1)Cc1cccs1. The molecule has 0 radical (unpaired) electrons. The summed E-state index contributed by atoms with van der Waals surface area (Å²) in [5.74, 6) is -0.168. The van der Waals surface area contributed by atoms with Gasteiger partial charge in [-0.15, -0.1) is 45.3 Å². The van der Waals surface area contributed by atoms with Crippen molar-refractivity contribution in [1.82, 2.24) is 15.1 Å². The number of hydrogen-bond acceptors (Lipinski definition) is 8. The second kappa shape index (κ2) is 15.5. The van der Waals surface area contributed by atoms with Crippen LogP contribution < -0.4 is 5.32 Å². The van der Waals surface area contributed by atoms with Crippen LogP contribution in [0, 0.1) is 0 Å². The highest BCUT2D eigenvalue weighted by Crippen LogP contribution is 2.22. The Morgan fingerprint density at radius 1 is 0.738 bits per heavy atom. The van der Waals surface area contributed by atoms with Crippen molar-refractivity contribution in [3.05, 3.63) is 89.6 Å². The Bertz CT molecular complexity index is 1290. The van der Waals surface area contributed by atoms with Crippen LogP contribution in [0.5, 0.6) is 0 Å². The number of ether oxygens (including phenoxy) is 1. The number of rotatable bonds is 14. The molecule has 4 rings (SSSR count). The van der Waals surface area contributed by atoms with E-state index in [2.05, 4.69) is 5.32 Å². The minimum Gasteiger partial charge on any atom is -0.444 e. The Morgan fingerprint density at radius 2 is 1.17 bits per heavy atom. The van der Waals surface area contributed by atoms with Crippen molar-refractivity contribution in [3.8, 4) is 0 Å². The zero-order chi connectivity index (χ0) is 30.0. The largest absolute Gasteiger partial charge is 0.444 e. The summed E-state index contributed by atoms with van der Waals surface area (Å²) in [6.45, 7) is 7.34. The second-order valence-corrected chi connectivity index (χ2v) is 15.0. The van der Waals surface area contributed by atoms with Gasteiger partial charge in [0.1, 0.15) is 11.6 Å². The van der Waals surface area contributed by atoms with E-state index < -0.39 is 17.7 Å². The lowest BCUT2D eigenvalue weighted by atomic mass is 10.1. The van der Waals surface area contributed by atoms with E-state index in [0.717, 1.165) is 19.5 Å². The van der Waals surface area contributed by atoms with Crippen LogP contribution >= 0.6 is 45.3 Å². The summed E-state index contributed by atoms with van der Waals surface area (Å²) in [5, 5.41) is 10.8. The molecule has 4 heterocycles. The molecule has 0 spiro atoms. The molecular formula is C31H37N3O4S4. The first-order valence-corrected chi connectivity index (χ1v) is 17.3. The van der Waals surface area contributed by atoms with Crippen LogP contribution in [0.2, 0.25) is 0 Å². The lowest BCUT2D eigenvalue weighted by Gasteiger charge is -2.29. The number of amides is 3. The summed E-state index contributed by atoms with van der Waals surface area (Å²) < 4.78 is 5.50. The third-order valence-electron chi connectivity index (χ3n) is 6.24. The molecule has 0 saturated heterocycles. The lowest BCUT2D eigenvalue weighted by Crippen LogP contribution is -2.49. The molecule has 11 heteroatoms. The van der Waals surface area contributed by atoms with Crippen molar-refractivity contribution >= 4 is 63.3 Å². The first kappa shape index (κ1) is 31.9. The number of thiophene rings is 4. The quantitative estimate of drug-likeness (QED) is 0.152. The lowest BCUT2D eigenvalue weighted by molar-refractivity contribution is -0.136. The average molecular weight is 644 g/mol. The van der Waals surface area contributed by atoms with Gasteiger partial charge in [0.15, 0.2) is 0 Å². The maximum absolute atomic E-state index is 14.0. The molecule has 0 aliphatic heterocycles. The Labute approximate surface area is 263 Å². The summed E-state index contributed by atoms with van der Waals surface area (Å²) in [5.41, 5.74) is -0.703. The highest BCUT2D eigenvalue weighted by Gasteiger charge is 2.29. The highest BCUT2D eigenvalue weighted by molar-refractivity contribution is 7.10. The predicted molar refractivity (Wildman–Crippen MR) is 173 cm³/mol. The average Bonchev–Trinajstić information content (AvgIpc) is 3.75. The van der Waals surface area contributed by atoms with Gasteiger partial charge in [-0.3, -0.25) is 9.59 Å². The van der Waals surface area contributed by atoms with Crippen molar-refractivity contribution in [2.24, 2.45) is 0 Å². The first-order chi connectivity index (χ1) is 20.2. The van der Waals surface area contributed by atoms with Crippen molar-refractivity contribution < 1.29 is 19.1 Å². The molecule has 4 aromatic heterocycles. The third-order valence-corrected chi connectivity index (χ3v) is 9.69. The van der Waals surface area contributed by atoms with Gasteiger partial charge >= 0.3 is 6.09 Å². The van der Waals surface area contributed by atoms with Gasteiger partial charge in [-0.05, 0) is 79.4 Å². The Hall–Kier alpha value is -2.99. The van der Waals surface area contributed by atoms with Crippen LogP contribution in [0.25, 0.3) is 0 Å². The van der Waals surface area contributed by atoms with E-state index in [1.165, 1.54) is 0 Å². The summed E-state index contributed by atoms with van der Waals surface area (Å²) in [6.07, 6.45) is 0.395. The number of alkyl carbamates (subject to hydrolysis) is 1. The molecule has 0 bridgehead atoms. The van der Waals surface area contributed by atoms with Gasteiger partial charge < -0.3 is 19.9 Å². The van der Waals surface area contributed by atoms with Crippen LogP contribution in [-0.4, -0.2) is 39.4 Å². The predicted octanol–water partition coefficient (Wildman–Crippen LogP) is 7.75. The standard InChI is InChI=1S/C31H37N3O4S4/c1-31(2,3)38-30(37)32-27(29(36)34(21-25-11-7-17-41-25)22-26-12-8-18-42-26)13-4-14-28(35)33(19-23-9-5-15-39-23)20-24-10-6-16-40-24/h5-12,15-18,27H,4,13-14,19-22H2,1-3H3,(H,32,37). The number of hydrogen-bond donors (Lipinski definition) is 1. The normalized spacial score (nSPS) is 12.1. The van der Waals surface area contributed by atoms with Crippen molar-refractivity contribution in [1.29, 1.82) is 0 Å². The molecule has 1 atom stereocenters. The maximum atomic E-state index is 14.0. The van der Waals surface area contributed by atoms with E-state index in [1.807, 2.05) is 75.0 Å². The molecule has 0 aliphatic rings. The molecule has 3 amide bonds. The van der Waals surface area contributed by atoms with Gasteiger partial charge in [0, 0.05) is 25.9 Å². The molecule has 0 saturated carbocycles. The number of carbonyl (C=O) groups is 3. The van der Waals surface area contributed by atoms with Crippen LogP contribution in [-0.2, 0) is 40.5 Å². The molecule has 4 aromatic rings. The fourth-order valence-electron chi connectivity index (χ4n) is 4.35. The van der Waals surface area contributed by atoms with Gasteiger partial charge in [-0.2, -0.15) is 0 Å². The van der Waals surface area contributed by atoms with Gasteiger partial charge in [0.2, 0.25) is 11.8 Å². The molecule has 0 fully saturated rings. The first-order valence-electron chi connectivity index (χ1n) is 13.8. The van der Waals surface area contributed by atoms with Gasteiger partial charge in [0.05, 0.1) is 26.2 Å². The van der Waals surface area contributed by atoms with Crippen LogP contribution in [0.15, 0.2) is 70.1 Å². The smallest absolute Gasteiger partial charge is 0.408 e. The minimum absolute atomic E-state index is 0.0225. The molecule has 1 N–H and O–H groups in total. The van der Waals surface area contributed by atoms with E-state index in [1.54, 1.807) is 71.0 Å². The zero-order valence-corrected chi connectivity index (χ0v) is 27.4. The van der Waals surface area contributed by atoms with E-state index >= 15 is 0 Å². The molecule has 1 unspecified atom stereocenters. The summed E-state index contributed by atoms with van der Waals surface area (Å²) >= 11 is 6.44. The van der Waals surface area contributed by atoms with Gasteiger partial charge in [-0.1, -0.05) is 24.3 Å². The molecule has 224 valence electrons. The fraction of sp³-hybridized carbons (Fsp3) is 0.387. The fourth-order valence-corrected chi connectivity index (χ4v) is 7.23. The third kappa shape index (κ3) is 10.4. The molecular weight excluding hydrogens is 607 g/mol. The van der Waals surface area contributed by atoms with Crippen molar-refractivity contribution in [3.63, 3.8) is 0 Å². The van der Waals surface area contributed by atoms with Crippen LogP contribution in [0.3, 0.4) is 0 Å². The van der Waals surface area contributed by atoms with E-state index in [4.69, 9.17) is 4.74 Å². The number of carbonyl (C=O) groups excluding carboxylic acids is 3. The monoisotopic (exact) mass is 643 g/mol. The Kier molecular flexibility index (Phi) is 11.8. The Balaban J connectivity index is 1.46. The van der Waals surface area contributed by atoms with Gasteiger partial charge in [-0.25, -0.2) is 4.79 Å². The van der Waals surface area contributed by atoms with E-state index in [-0.39, 0.29) is 18.2 Å². The molecule has 0 aromatic carbocycles.